The van der Waals surface area contributed by atoms with Gasteiger partial charge in [-0.1, -0.05) is 29.8 Å². The van der Waals surface area contributed by atoms with Crippen molar-refractivity contribution >= 4 is 28.5 Å². The topological polar surface area (TPSA) is 72.9 Å². The maximum atomic E-state index is 12.7. The van der Waals surface area contributed by atoms with E-state index in [0.29, 0.717) is 21.6 Å². The zero-order valence-electron chi connectivity index (χ0n) is 11.3. The molecule has 106 valence electrons. The highest BCUT2D eigenvalue weighted by molar-refractivity contribution is 6.32. The number of anilines is 1. The highest BCUT2D eigenvalue weighted by Gasteiger charge is 2.14. The lowest BCUT2D eigenvalue weighted by atomic mass is 10.2. The average molecular weight is 301 g/mol. The second-order valence-corrected chi connectivity index (χ2v) is 5.10. The van der Waals surface area contributed by atoms with E-state index in [4.69, 9.17) is 17.4 Å². The summed E-state index contributed by atoms with van der Waals surface area (Å²) >= 11 is 6.26. The van der Waals surface area contributed by atoms with Crippen LogP contribution in [0.5, 0.6) is 0 Å². The molecule has 3 aromatic rings. The number of hydrogen-bond acceptors (Lipinski definition) is 4. The molecular formula is C15H13ClN4O. The first kappa shape index (κ1) is 13.6. The quantitative estimate of drug-likeness (QED) is 0.564. The summed E-state index contributed by atoms with van der Waals surface area (Å²) in [5, 5.41) is 0.971. The van der Waals surface area contributed by atoms with Crippen molar-refractivity contribution in [2.45, 2.75) is 6.92 Å². The molecule has 2 aromatic carbocycles. The fraction of sp³-hybridized carbons (Fsp3) is 0.0667. The molecule has 1 aromatic heterocycles. The number of benzene rings is 2. The van der Waals surface area contributed by atoms with E-state index in [-0.39, 0.29) is 11.5 Å². The number of para-hydroxylation sites is 1. The summed E-state index contributed by atoms with van der Waals surface area (Å²) in [6.07, 6.45) is 0. The van der Waals surface area contributed by atoms with Gasteiger partial charge in [-0.3, -0.25) is 10.2 Å². The van der Waals surface area contributed by atoms with Crippen LogP contribution in [0.15, 0.2) is 47.3 Å². The van der Waals surface area contributed by atoms with Crippen LogP contribution in [0, 0.1) is 6.92 Å². The van der Waals surface area contributed by atoms with Gasteiger partial charge in [0, 0.05) is 0 Å². The third kappa shape index (κ3) is 2.26. The van der Waals surface area contributed by atoms with Crippen molar-refractivity contribution in [3.63, 3.8) is 0 Å². The van der Waals surface area contributed by atoms with Gasteiger partial charge in [-0.2, -0.15) is 0 Å². The monoisotopic (exact) mass is 300 g/mol. The molecule has 0 amide bonds. The number of fused-ring (bicyclic) bond motifs is 1. The molecule has 21 heavy (non-hydrogen) atoms. The second-order valence-electron chi connectivity index (χ2n) is 4.69. The van der Waals surface area contributed by atoms with Gasteiger partial charge in [0.1, 0.15) is 0 Å². The van der Waals surface area contributed by atoms with E-state index in [0.717, 1.165) is 5.56 Å². The summed E-state index contributed by atoms with van der Waals surface area (Å²) in [6, 6.07) is 12.5. The molecule has 6 heteroatoms. The number of aryl methyl sites for hydroxylation is 1. The Bertz CT molecular complexity index is 888. The van der Waals surface area contributed by atoms with Gasteiger partial charge in [-0.25, -0.2) is 15.4 Å². The van der Waals surface area contributed by atoms with Crippen molar-refractivity contribution in [3.05, 3.63) is 63.4 Å². The number of nitrogen functional groups attached to an aromatic ring is 1. The number of hydrogen-bond donors (Lipinski definition) is 2. The van der Waals surface area contributed by atoms with Crippen molar-refractivity contribution in [2.75, 3.05) is 5.43 Å². The van der Waals surface area contributed by atoms with Gasteiger partial charge in [0.15, 0.2) is 0 Å². The minimum atomic E-state index is -0.223. The predicted molar refractivity (Wildman–Crippen MR) is 84.9 cm³/mol. The molecule has 0 saturated heterocycles. The number of nitrogens with zero attached hydrogens (tertiary/aromatic N) is 2. The summed E-state index contributed by atoms with van der Waals surface area (Å²) in [5.41, 5.74) is 4.37. The van der Waals surface area contributed by atoms with E-state index in [1.165, 1.54) is 4.57 Å². The summed E-state index contributed by atoms with van der Waals surface area (Å²) in [7, 11) is 0. The molecule has 0 bridgehead atoms. The number of aromatic nitrogens is 2. The Hall–Kier alpha value is -2.37. The molecule has 0 aliphatic heterocycles. The molecule has 3 N–H and O–H groups in total. The zero-order chi connectivity index (χ0) is 15.0. The van der Waals surface area contributed by atoms with E-state index in [9.17, 15) is 4.79 Å². The normalized spacial score (nSPS) is 10.8. The van der Waals surface area contributed by atoms with Gasteiger partial charge in [0.2, 0.25) is 5.95 Å². The van der Waals surface area contributed by atoms with E-state index >= 15 is 0 Å². The van der Waals surface area contributed by atoms with Gasteiger partial charge in [0.05, 0.1) is 21.6 Å². The zero-order valence-corrected chi connectivity index (χ0v) is 12.1. The van der Waals surface area contributed by atoms with Crippen LogP contribution in [0.1, 0.15) is 5.56 Å². The first-order valence-electron chi connectivity index (χ1n) is 6.37. The molecule has 1 heterocycles. The number of hydrazine groups is 1. The van der Waals surface area contributed by atoms with Crippen LogP contribution < -0.4 is 16.8 Å². The third-order valence-corrected chi connectivity index (χ3v) is 3.55. The molecule has 0 fully saturated rings. The summed E-state index contributed by atoms with van der Waals surface area (Å²) < 4.78 is 1.38. The van der Waals surface area contributed by atoms with Crippen molar-refractivity contribution < 1.29 is 0 Å². The third-order valence-electron chi connectivity index (χ3n) is 3.25. The fourth-order valence-electron chi connectivity index (χ4n) is 2.25. The molecule has 0 spiro atoms. The number of nitrogens with one attached hydrogen (secondary N) is 1. The Morgan fingerprint density at radius 1 is 1.24 bits per heavy atom. The maximum Gasteiger partial charge on any atom is 0.267 e. The fourth-order valence-corrected chi connectivity index (χ4v) is 2.57. The van der Waals surface area contributed by atoms with Crippen molar-refractivity contribution in [2.24, 2.45) is 5.84 Å². The van der Waals surface area contributed by atoms with Crippen LogP contribution >= 0.6 is 11.6 Å². The minimum Gasteiger partial charge on any atom is -0.293 e. The lowest BCUT2D eigenvalue weighted by Crippen LogP contribution is -2.26. The highest BCUT2D eigenvalue weighted by atomic mass is 35.5. The van der Waals surface area contributed by atoms with Crippen molar-refractivity contribution in [3.8, 4) is 5.69 Å². The maximum absolute atomic E-state index is 12.7. The Morgan fingerprint density at radius 2 is 2.00 bits per heavy atom. The summed E-state index contributed by atoms with van der Waals surface area (Å²) in [6.45, 7) is 1.93. The average Bonchev–Trinajstić information content (AvgIpc) is 2.48. The van der Waals surface area contributed by atoms with Gasteiger partial charge in [-0.15, -0.1) is 0 Å². The Balaban J connectivity index is 2.41. The van der Waals surface area contributed by atoms with Crippen LogP contribution in [0.4, 0.5) is 5.95 Å². The van der Waals surface area contributed by atoms with Crippen LogP contribution in [0.3, 0.4) is 0 Å². The Morgan fingerprint density at radius 3 is 2.71 bits per heavy atom. The van der Waals surface area contributed by atoms with Crippen LogP contribution in [-0.2, 0) is 0 Å². The summed E-state index contributed by atoms with van der Waals surface area (Å²) in [4.78, 5) is 17.1. The predicted octanol–water partition coefficient (Wildman–Crippen LogP) is 2.63. The van der Waals surface area contributed by atoms with E-state index in [2.05, 4.69) is 10.4 Å². The van der Waals surface area contributed by atoms with E-state index in [1.807, 2.05) is 19.1 Å². The molecular weight excluding hydrogens is 288 g/mol. The summed E-state index contributed by atoms with van der Waals surface area (Å²) in [5.74, 6) is 5.75. The minimum absolute atomic E-state index is 0.223. The largest absolute Gasteiger partial charge is 0.293 e. The smallest absolute Gasteiger partial charge is 0.267 e. The first-order chi connectivity index (χ1) is 10.1. The molecule has 0 aliphatic carbocycles. The van der Waals surface area contributed by atoms with Gasteiger partial charge < -0.3 is 0 Å². The molecule has 0 radical (unpaired) electrons. The second kappa shape index (κ2) is 5.20. The molecule has 5 nitrogen and oxygen atoms in total. The van der Waals surface area contributed by atoms with Crippen molar-refractivity contribution in [1.82, 2.24) is 9.55 Å². The first-order valence-corrected chi connectivity index (χ1v) is 6.74. The number of halogens is 1. The molecule has 0 atom stereocenters. The number of rotatable bonds is 2. The van der Waals surface area contributed by atoms with E-state index in [1.54, 1.807) is 30.3 Å². The number of nitrogens with two attached hydrogens (primary N) is 1. The van der Waals surface area contributed by atoms with Gasteiger partial charge in [0.25, 0.3) is 5.56 Å². The Labute approximate surface area is 126 Å². The Kier molecular flexibility index (Phi) is 3.37. The molecule has 3 rings (SSSR count). The molecule has 0 unspecified atom stereocenters. The lowest BCUT2D eigenvalue weighted by Gasteiger charge is -2.14. The van der Waals surface area contributed by atoms with Gasteiger partial charge >= 0.3 is 0 Å². The highest BCUT2D eigenvalue weighted by Crippen LogP contribution is 2.23. The molecule has 0 aliphatic rings. The standard InChI is InChI=1S/C15H13ClN4O/c1-9-6-7-13(11(16)8-9)20-14(21)10-4-2-3-5-12(10)18-15(20)19-17/h2-8H,17H2,1H3,(H,18,19). The lowest BCUT2D eigenvalue weighted by molar-refractivity contribution is 0.955. The van der Waals surface area contributed by atoms with Crippen LogP contribution in [0.25, 0.3) is 16.6 Å². The van der Waals surface area contributed by atoms with Crippen LogP contribution in [0.2, 0.25) is 5.02 Å². The van der Waals surface area contributed by atoms with Crippen LogP contribution in [-0.4, -0.2) is 9.55 Å². The van der Waals surface area contributed by atoms with Crippen molar-refractivity contribution in [1.29, 1.82) is 0 Å². The SMILES string of the molecule is Cc1ccc(-n2c(NN)nc3ccccc3c2=O)c(Cl)c1. The van der Waals surface area contributed by atoms with E-state index < -0.39 is 0 Å². The van der Waals surface area contributed by atoms with Gasteiger partial charge in [-0.05, 0) is 36.8 Å². The molecule has 0 saturated carbocycles.